The Hall–Kier alpha value is -0.650. The lowest BCUT2D eigenvalue weighted by molar-refractivity contribution is -0.128. The van der Waals surface area contributed by atoms with Crippen molar-refractivity contribution in [2.75, 3.05) is 32.8 Å². The van der Waals surface area contributed by atoms with Gasteiger partial charge in [-0.3, -0.25) is 9.69 Å². The fourth-order valence-corrected chi connectivity index (χ4v) is 2.03. The van der Waals surface area contributed by atoms with Gasteiger partial charge in [0, 0.05) is 19.6 Å². The van der Waals surface area contributed by atoms with Gasteiger partial charge in [-0.05, 0) is 13.3 Å². The van der Waals surface area contributed by atoms with Crippen LogP contribution in [0.4, 0.5) is 0 Å². The summed E-state index contributed by atoms with van der Waals surface area (Å²) >= 11 is 0. The molecular weight excluding hydrogens is 220 g/mol. The summed E-state index contributed by atoms with van der Waals surface area (Å²) in [6, 6.07) is 0. The first-order valence-corrected chi connectivity index (χ1v) is 6.41. The van der Waals surface area contributed by atoms with E-state index in [1.807, 2.05) is 11.8 Å². The molecule has 1 amide bonds. The van der Waals surface area contributed by atoms with Crippen LogP contribution in [0.3, 0.4) is 0 Å². The molecule has 0 aliphatic carbocycles. The summed E-state index contributed by atoms with van der Waals surface area (Å²) in [6.07, 6.45) is 2.01. The third kappa shape index (κ3) is 5.48. The molecule has 1 rings (SSSR count). The van der Waals surface area contributed by atoms with Gasteiger partial charge in [-0.15, -0.1) is 0 Å². The molecule has 5 nitrogen and oxygen atoms in total. The molecule has 100 valence electrons. The molecule has 0 bridgehead atoms. The quantitative estimate of drug-likeness (QED) is 0.645. The minimum absolute atomic E-state index is 0.0122. The number of aliphatic hydroxyl groups is 1. The normalized spacial score (nSPS) is 25.8. The lowest BCUT2D eigenvalue weighted by Gasteiger charge is -2.35. The molecule has 0 spiro atoms. The molecule has 17 heavy (non-hydrogen) atoms. The number of carbonyl (C=O) groups is 1. The Kier molecular flexibility index (Phi) is 6.47. The van der Waals surface area contributed by atoms with Gasteiger partial charge < -0.3 is 15.2 Å². The highest BCUT2D eigenvalue weighted by atomic mass is 16.5. The van der Waals surface area contributed by atoms with Crippen molar-refractivity contribution in [1.29, 1.82) is 0 Å². The summed E-state index contributed by atoms with van der Waals surface area (Å²) in [5, 5.41) is 12.0. The van der Waals surface area contributed by atoms with Gasteiger partial charge in [-0.2, -0.15) is 0 Å². The van der Waals surface area contributed by atoms with Crippen molar-refractivity contribution < 1.29 is 14.6 Å². The largest absolute Gasteiger partial charge is 0.394 e. The van der Waals surface area contributed by atoms with E-state index in [2.05, 4.69) is 12.2 Å². The predicted molar refractivity (Wildman–Crippen MR) is 65.8 cm³/mol. The number of hydrogen-bond donors (Lipinski definition) is 2. The van der Waals surface area contributed by atoms with Crippen LogP contribution in [-0.4, -0.2) is 60.9 Å². The first-order chi connectivity index (χ1) is 8.15. The molecule has 0 aromatic carbocycles. The molecule has 2 atom stereocenters. The Morgan fingerprint density at radius 3 is 2.94 bits per heavy atom. The SMILES string of the molecule is CCCCNC(=O)CN1CC(C)OC(CO)C1. The molecule has 5 heteroatoms. The Balaban J connectivity index is 2.27. The lowest BCUT2D eigenvalue weighted by atomic mass is 10.2. The van der Waals surface area contributed by atoms with E-state index in [0.717, 1.165) is 25.9 Å². The standard InChI is InChI=1S/C12H24N2O3/c1-3-4-5-13-12(16)8-14-6-10(2)17-11(7-14)9-15/h10-11,15H,3-9H2,1-2H3,(H,13,16). The summed E-state index contributed by atoms with van der Waals surface area (Å²) in [5.41, 5.74) is 0. The Bertz CT molecular complexity index is 236. The number of unbranched alkanes of at least 4 members (excludes halogenated alkanes) is 1. The summed E-state index contributed by atoms with van der Waals surface area (Å²) < 4.78 is 5.52. The summed E-state index contributed by atoms with van der Waals surface area (Å²) in [5.74, 6) is 0.0595. The summed E-state index contributed by atoms with van der Waals surface area (Å²) in [6.45, 7) is 6.59. The number of hydrogen-bond acceptors (Lipinski definition) is 4. The maximum Gasteiger partial charge on any atom is 0.234 e. The fraction of sp³-hybridized carbons (Fsp3) is 0.917. The molecule has 1 fully saturated rings. The van der Waals surface area contributed by atoms with Crippen LogP contribution in [0.1, 0.15) is 26.7 Å². The van der Waals surface area contributed by atoms with Crippen molar-refractivity contribution in [2.45, 2.75) is 38.9 Å². The third-order valence-electron chi connectivity index (χ3n) is 2.83. The molecule has 2 N–H and O–H groups in total. The fourth-order valence-electron chi connectivity index (χ4n) is 2.03. The Morgan fingerprint density at radius 1 is 1.53 bits per heavy atom. The second kappa shape index (κ2) is 7.63. The van der Waals surface area contributed by atoms with E-state index >= 15 is 0 Å². The maximum atomic E-state index is 11.6. The monoisotopic (exact) mass is 244 g/mol. The van der Waals surface area contributed by atoms with Crippen LogP contribution in [0.2, 0.25) is 0 Å². The molecule has 1 heterocycles. The van der Waals surface area contributed by atoms with Gasteiger partial charge in [-0.25, -0.2) is 0 Å². The second-order valence-electron chi connectivity index (χ2n) is 4.65. The highest BCUT2D eigenvalue weighted by Gasteiger charge is 2.25. The first kappa shape index (κ1) is 14.4. The molecular formula is C12H24N2O3. The van der Waals surface area contributed by atoms with Crippen LogP contribution in [0.5, 0.6) is 0 Å². The van der Waals surface area contributed by atoms with Gasteiger partial charge in [0.25, 0.3) is 0 Å². The van der Waals surface area contributed by atoms with E-state index in [1.54, 1.807) is 0 Å². The highest BCUT2D eigenvalue weighted by molar-refractivity contribution is 5.77. The van der Waals surface area contributed by atoms with E-state index in [1.165, 1.54) is 0 Å². The van der Waals surface area contributed by atoms with Gasteiger partial charge in [0.15, 0.2) is 0 Å². The number of rotatable bonds is 6. The number of aliphatic hydroxyl groups excluding tert-OH is 1. The Labute approximate surface area is 103 Å². The molecule has 1 saturated heterocycles. The van der Waals surface area contributed by atoms with Crippen molar-refractivity contribution in [3.8, 4) is 0 Å². The van der Waals surface area contributed by atoms with E-state index in [4.69, 9.17) is 9.84 Å². The van der Waals surface area contributed by atoms with E-state index < -0.39 is 0 Å². The first-order valence-electron chi connectivity index (χ1n) is 6.41. The van der Waals surface area contributed by atoms with Crippen molar-refractivity contribution in [3.05, 3.63) is 0 Å². The molecule has 0 saturated carbocycles. The highest BCUT2D eigenvalue weighted by Crippen LogP contribution is 2.10. The average molecular weight is 244 g/mol. The van der Waals surface area contributed by atoms with Crippen molar-refractivity contribution in [1.82, 2.24) is 10.2 Å². The average Bonchev–Trinajstić information content (AvgIpc) is 2.28. The van der Waals surface area contributed by atoms with Crippen LogP contribution in [0.15, 0.2) is 0 Å². The number of carbonyl (C=O) groups excluding carboxylic acids is 1. The summed E-state index contributed by atoms with van der Waals surface area (Å²) in [7, 11) is 0. The number of amides is 1. The van der Waals surface area contributed by atoms with E-state index in [0.29, 0.717) is 13.1 Å². The van der Waals surface area contributed by atoms with Gasteiger partial charge in [0.1, 0.15) is 0 Å². The number of nitrogens with one attached hydrogen (secondary N) is 1. The summed E-state index contributed by atoms with van der Waals surface area (Å²) in [4.78, 5) is 13.7. The van der Waals surface area contributed by atoms with Crippen LogP contribution in [0.25, 0.3) is 0 Å². The molecule has 0 aromatic heterocycles. The molecule has 1 aliphatic heterocycles. The van der Waals surface area contributed by atoms with E-state index in [-0.39, 0.29) is 24.7 Å². The smallest absolute Gasteiger partial charge is 0.234 e. The van der Waals surface area contributed by atoms with Crippen LogP contribution in [-0.2, 0) is 9.53 Å². The van der Waals surface area contributed by atoms with Crippen LogP contribution >= 0.6 is 0 Å². The zero-order chi connectivity index (χ0) is 12.7. The Morgan fingerprint density at radius 2 is 2.29 bits per heavy atom. The van der Waals surface area contributed by atoms with E-state index in [9.17, 15) is 4.79 Å². The third-order valence-corrected chi connectivity index (χ3v) is 2.83. The minimum Gasteiger partial charge on any atom is -0.394 e. The van der Waals surface area contributed by atoms with Crippen LogP contribution in [0, 0.1) is 0 Å². The number of ether oxygens (including phenoxy) is 1. The zero-order valence-electron chi connectivity index (χ0n) is 10.8. The van der Waals surface area contributed by atoms with Gasteiger partial charge in [0.2, 0.25) is 5.91 Å². The molecule has 2 unspecified atom stereocenters. The van der Waals surface area contributed by atoms with Crippen molar-refractivity contribution in [2.24, 2.45) is 0 Å². The van der Waals surface area contributed by atoms with Crippen molar-refractivity contribution >= 4 is 5.91 Å². The van der Waals surface area contributed by atoms with Crippen molar-refractivity contribution in [3.63, 3.8) is 0 Å². The van der Waals surface area contributed by atoms with Gasteiger partial charge >= 0.3 is 0 Å². The van der Waals surface area contributed by atoms with Gasteiger partial charge in [-0.1, -0.05) is 13.3 Å². The zero-order valence-corrected chi connectivity index (χ0v) is 10.8. The minimum atomic E-state index is -0.165. The molecule has 1 aliphatic rings. The van der Waals surface area contributed by atoms with Gasteiger partial charge in [0.05, 0.1) is 25.4 Å². The predicted octanol–water partition coefficient (Wildman–Crippen LogP) is -0.0157. The molecule has 0 aromatic rings. The number of nitrogens with zero attached hydrogens (tertiary/aromatic N) is 1. The number of morpholine rings is 1. The second-order valence-corrected chi connectivity index (χ2v) is 4.65. The topological polar surface area (TPSA) is 61.8 Å². The maximum absolute atomic E-state index is 11.6. The van der Waals surface area contributed by atoms with Crippen LogP contribution < -0.4 is 5.32 Å². The lowest BCUT2D eigenvalue weighted by Crippen LogP contribution is -2.51. The molecule has 0 radical (unpaired) electrons.